The lowest BCUT2D eigenvalue weighted by Crippen LogP contribution is -2.47. The van der Waals surface area contributed by atoms with Crippen molar-refractivity contribution < 1.29 is 4.21 Å². The number of aliphatic imine (C=N–C) groups is 1. The van der Waals surface area contributed by atoms with E-state index in [0.717, 1.165) is 43.9 Å². The quantitative estimate of drug-likeness (QED) is 0.420. The predicted molar refractivity (Wildman–Crippen MR) is 99.5 cm³/mol. The largest absolute Gasteiger partial charge is 0.356 e. The lowest BCUT2D eigenvalue weighted by Gasteiger charge is -2.30. The van der Waals surface area contributed by atoms with E-state index in [2.05, 4.69) is 20.5 Å². The first-order chi connectivity index (χ1) is 11.2. The Kier molecular flexibility index (Phi) is 8.37. The highest BCUT2D eigenvalue weighted by atomic mass is 32.2. The maximum atomic E-state index is 12.0. The summed E-state index contributed by atoms with van der Waals surface area (Å²) in [6.07, 6.45) is 8.33. The van der Waals surface area contributed by atoms with Gasteiger partial charge in [-0.2, -0.15) is 0 Å². The molecule has 0 aromatic rings. The van der Waals surface area contributed by atoms with Crippen molar-refractivity contribution in [1.82, 2.24) is 15.5 Å². The molecule has 134 valence electrons. The van der Waals surface area contributed by atoms with E-state index in [1.165, 1.54) is 38.9 Å². The van der Waals surface area contributed by atoms with Gasteiger partial charge in [-0.15, -0.1) is 0 Å². The van der Waals surface area contributed by atoms with Gasteiger partial charge in [-0.25, -0.2) is 0 Å². The predicted octanol–water partition coefficient (Wildman–Crippen LogP) is 1.72. The summed E-state index contributed by atoms with van der Waals surface area (Å²) in [6.45, 7) is 6.71. The second-order valence-electron chi connectivity index (χ2n) is 6.70. The van der Waals surface area contributed by atoms with Crippen LogP contribution in [0.5, 0.6) is 0 Å². The van der Waals surface area contributed by atoms with Crippen molar-refractivity contribution in [2.45, 2.75) is 63.2 Å². The van der Waals surface area contributed by atoms with E-state index in [0.29, 0.717) is 11.3 Å². The van der Waals surface area contributed by atoms with E-state index in [9.17, 15) is 4.21 Å². The third-order valence-corrected chi connectivity index (χ3v) is 6.73. The SMILES string of the molecule is CCS(=O)C1CCCC(NC(=NC)NCCCN2CCCC2)C1. The summed E-state index contributed by atoms with van der Waals surface area (Å²) in [6, 6.07) is 0.411. The van der Waals surface area contributed by atoms with E-state index < -0.39 is 10.8 Å². The number of hydrogen-bond acceptors (Lipinski definition) is 3. The Bertz CT molecular complexity index is 396. The van der Waals surface area contributed by atoms with Crippen LogP contribution in [-0.2, 0) is 10.8 Å². The minimum Gasteiger partial charge on any atom is -0.356 e. The molecule has 3 unspecified atom stereocenters. The normalized spacial score (nSPS) is 27.8. The summed E-state index contributed by atoms with van der Waals surface area (Å²) in [5.74, 6) is 1.68. The molecule has 0 radical (unpaired) electrons. The number of guanidine groups is 1. The Labute approximate surface area is 144 Å². The van der Waals surface area contributed by atoms with Crippen molar-refractivity contribution in [2.24, 2.45) is 4.99 Å². The number of nitrogens with zero attached hydrogens (tertiary/aromatic N) is 2. The number of likely N-dealkylation sites (tertiary alicyclic amines) is 1. The molecule has 6 heteroatoms. The molecule has 2 N–H and O–H groups in total. The zero-order chi connectivity index (χ0) is 16.5. The Morgan fingerprint density at radius 1 is 1.26 bits per heavy atom. The summed E-state index contributed by atoms with van der Waals surface area (Å²) in [5, 5.41) is 7.33. The van der Waals surface area contributed by atoms with Crippen molar-refractivity contribution in [2.75, 3.05) is 39.0 Å². The van der Waals surface area contributed by atoms with Crippen LogP contribution in [0.15, 0.2) is 4.99 Å². The third-order valence-electron chi connectivity index (χ3n) is 4.99. The topological polar surface area (TPSA) is 56.7 Å². The molecule has 0 aromatic heterocycles. The van der Waals surface area contributed by atoms with E-state index in [-0.39, 0.29) is 0 Å². The van der Waals surface area contributed by atoms with Crippen molar-refractivity contribution in [1.29, 1.82) is 0 Å². The van der Waals surface area contributed by atoms with Crippen LogP contribution in [-0.4, -0.2) is 65.3 Å². The lowest BCUT2D eigenvalue weighted by molar-refractivity contribution is 0.333. The molecule has 5 nitrogen and oxygen atoms in total. The van der Waals surface area contributed by atoms with Crippen LogP contribution < -0.4 is 10.6 Å². The van der Waals surface area contributed by atoms with E-state index >= 15 is 0 Å². The van der Waals surface area contributed by atoms with Gasteiger partial charge in [-0.3, -0.25) is 9.20 Å². The van der Waals surface area contributed by atoms with Crippen molar-refractivity contribution >= 4 is 16.8 Å². The molecule has 0 spiro atoms. The van der Waals surface area contributed by atoms with Gasteiger partial charge in [-0.05, 0) is 58.2 Å². The summed E-state index contributed by atoms with van der Waals surface area (Å²) in [5.41, 5.74) is 0. The van der Waals surface area contributed by atoms with E-state index in [1.807, 2.05) is 14.0 Å². The van der Waals surface area contributed by atoms with Crippen LogP contribution in [0.25, 0.3) is 0 Å². The number of rotatable bonds is 7. The molecule has 1 saturated carbocycles. The van der Waals surface area contributed by atoms with Gasteiger partial charge >= 0.3 is 0 Å². The number of hydrogen-bond donors (Lipinski definition) is 2. The Morgan fingerprint density at radius 2 is 2.04 bits per heavy atom. The van der Waals surface area contributed by atoms with Gasteiger partial charge in [0.2, 0.25) is 0 Å². The average Bonchev–Trinajstić information content (AvgIpc) is 3.10. The summed E-state index contributed by atoms with van der Waals surface area (Å²) < 4.78 is 12.0. The molecule has 1 aliphatic carbocycles. The molecule has 0 aromatic carbocycles. The molecule has 1 heterocycles. The fraction of sp³-hybridized carbons (Fsp3) is 0.941. The minimum absolute atomic E-state index is 0.361. The van der Waals surface area contributed by atoms with Gasteiger partial charge in [0, 0.05) is 41.4 Å². The highest BCUT2D eigenvalue weighted by Gasteiger charge is 2.25. The van der Waals surface area contributed by atoms with Gasteiger partial charge in [-0.1, -0.05) is 13.3 Å². The maximum Gasteiger partial charge on any atom is 0.191 e. The smallest absolute Gasteiger partial charge is 0.191 e. The van der Waals surface area contributed by atoms with Crippen LogP contribution in [0.1, 0.15) is 51.9 Å². The molecular formula is C17H34N4OS. The summed E-state index contributed by atoms with van der Waals surface area (Å²) in [7, 11) is 1.17. The third kappa shape index (κ3) is 6.42. The Balaban J connectivity index is 1.66. The molecule has 0 amide bonds. The average molecular weight is 343 g/mol. The number of nitrogens with one attached hydrogen (secondary N) is 2. The van der Waals surface area contributed by atoms with Crippen molar-refractivity contribution in [3.05, 3.63) is 0 Å². The van der Waals surface area contributed by atoms with Gasteiger partial charge in [0.25, 0.3) is 0 Å². The Morgan fingerprint density at radius 3 is 2.74 bits per heavy atom. The summed E-state index contributed by atoms with van der Waals surface area (Å²) >= 11 is 0. The van der Waals surface area contributed by atoms with Crippen LogP contribution in [0.2, 0.25) is 0 Å². The summed E-state index contributed by atoms with van der Waals surface area (Å²) in [4.78, 5) is 6.89. The van der Waals surface area contributed by atoms with Crippen molar-refractivity contribution in [3.63, 3.8) is 0 Å². The lowest BCUT2D eigenvalue weighted by atomic mass is 9.95. The van der Waals surface area contributed by atoms with Gasteiger partial charge in [0.05, 0.1) is 0 Å². The second kappa shape index (κ2) is 10.3. The molecule has 2 rings (SSSR count). The zero-order valence-electron chi connectivity index (χ0n) is 14.9. The molecule has 1 aliphatic heterocycles. The van der Waals surface area contributed by atoms with Crippen LogP contribution >= 0.6 is 0 Å². The fourth-order valence-corrected chi connectivity index (χ4v) is 5.00. The van der Waals surface area contributed by atoms with Gasteiger partial charge < -0.3 is 15.5 Å². The first-order valence-electron chi connectivity index (χ1n) is 9.29. The molecule has 2 fully saturated rings. The molecule has 2 aliphatic rings. The molecular weight excluding hydrogens is 308 g/mol. The van der Waals surface area contributed by atoms with Gasteiger partial charge in [0.1, 0.15) is 0 Å². The van der Waals surface area contributed by atoms with Crippen LogP contribution in [0, 0.1) is 0 Å². The second-order valence-corrected chi connectivity index (χ2v) is 8.71. The van der Waals surface area contributed by atoms with Gasteiger partial charge in [0.15, 0.2) is 5.96 Å². The van der Waals surface area contributed by atoms with Crippen LogP contribution in [0.4, 0.5) is 0 Å². The molecule has 0 bridgehead atoms. The first kappa shape index (κ1) is 18.7. The molecule has 3 atom stereocenters. The monoisotopic (exact) mass is 342 g/mol. The molecule has 1 saturated heterocycles. The van der Waals surface area contributed by atoms with E-state index in [4.69, 9.17) is 0 Å². The first-order valence-corrected chi connectivity index (χ1v) is 10.7. The maximum absolute atomic E-state index is 12.0. The molecule has 23 heavy (non-hydrogen) atoms. The zero-order valence-corrected chi connectivity index (χ0v) is 15.7. The Hall–Kier alpha value is -0.620. The highest BCUT2D eigenvalue weighted by Crippen LogP contribution is 2.22. The van der Waals surface area contributed by atoms with Crippen molar-refractivity contribution in [3.8, 4) is 0 Å². The fourth-order valence-electron chi connectivity index (χ4n) is 3.65. The van der Waals surface area contributed by atoms with E-state index in [1.54, 1.807) is 0 Å². The highest BCUT2D eigenvalue weighted by molar-refractivity contribution is 7.85. The van der Waals surface area contributed by atoms with Crippen LogP contribution in [0.3, 0.4) is 0 Å². The standard InChI is InChI=1S/C17H34N4OS/c1-3-23(22)16-9-6-8-15(14-16)20-17(18-2)19-10-7-13-21-11-4-5-12-21/h15-16H,3-14H2,1-2H3,(H2,18,19,20). The minimum atomic E-state index is -0.665.